The molecule has 0 spiro atoms. The second kappa shape index (κ2) is 20.1. The van der Waals surface area contributed by atoms with Crippen LogP contribution in [0.1, 0.15) is 93.9 Å². The molecule has 2 saturated heterocycles. The zero-order valence-electron chi connectivity index (χ0n) is 32.4. The Balaban J connectivity index is 2.21. The summed E-state index contributed by atoms with van der Waals surface area (Å²) in [7, 11) is 2.45. The van der Waals surface area contributed by atoms with Crippen LogP contribution in [0.15, 0.2) is 0 Å². The molecule has 0 radical (unpaired) electrons. The molecule has 294 valence electrons. The molecule has 52 heavy (non-hydrogen) atoms. The molecule has 0 aromatic carbocycles. The van der Waals surface area contributed by atoms with Gasteiger partial charge in [0.25, 0.3) is 0 Å². The molecule has 0 aliphatic carbocycles. The Labute approximate surface area is 307 Å². The van der Waals surface area contributed by atoms with E-state index in [2.05, 4.69) is 21.3 Å². The topological polar surface area (TPSA) is 210 Å². The molecule has 0 bridgehead atoms. The third kappa shape index (κ3) is 10.9. The third-order valence-electron chi connectivity index (χ3n) is 10.2. The summed E-state index contributed by atoms with van der Waals surface area (Å²) in [5.74, 6) is -6.70. The van der Waals surface area contributed by atoms with E-state index in [1.54, 1.807) is 41.5 Å². The van der Waals surface area contributed by atoms with E-state index in [-0.39, 0.29) is 49.6 Å². The number of carbonyl (C=O) groups is 8. The average Bonchev–Trinajstić information content (AvgIpc) is 3.82. The Bertz CT molecular complexity index is 1220. The summed E-state index contributed by atoms with van der Waals surface area (Å²) in [6.07, 6.45) is 2.44. The maximum Gasteiger partial charge on any atom is 0.328 e. The predicted octanol–water partition coefficient (Wildman–Crippen LogP) is 0.658. The highest BCUT2D eigenvalue weighted by Gasteiger charge is 2.44. The van der Waals surface area contributed by atoms with Crippen LogP contribution >= 0.6 is 0 Å². The fraction of sp³-hybridized carbons (Fsp3) is 0.778. The maximum absolute atomic E-state index is 13.7. The number of ether oxygens (including phenoxy) is 2. The van der Waals surface area contributed by atoms with E-state index in [4.69, 9.17) is 9.47 Å². The minimum Gasteiger partial charge on any atom is -0.467 e. The van der Waals surface area contributed by atoms with Crippen molar-refractivity contribution >= 4 is 47.4 Å². The number of amides is 6. The highest BCUT2D eigenvalue weighted by molar-refractivity contribution is 6.36. The molecule has 0 unspecified atom stereocenters. The second-order valence-corrected chi connectivity index (χ2v) is 14.6. The van der Waals surface area contributed by atoms with Crippen LogP contribution < -0.4 is 21.3 Å². The Morgan fingerprint density at radius 2 is 0.885 bits per heavy atom. The quantitative estimate of drug-likeness (QED) is 0.129. The van der Waals surface area contributed by atoms with Crippen LogP contribution in [0.2, 0.25) is 0 Å². The van der Waals surface area contributed by atoms with Gasteiger partial charge in [-0.1, -0.05) is 68.2 Å². The number of nitrogens with zero attached hydrogens (tertiary/aromatic N) is 2. The SMILES string of the molecule is CC[C@H](C)[C@H](NC(=O)[C@@H]1CCCN1C(=O)C(=O)N1CCC[C@H]1C(=O)N[C@H](C(=O)N[C@H](C(=O)OC)C(C)C)[C@@H](C)CC)C(=O)N[C@H](C(=O)OC)C(C)C. The molecule has 16 nitrogen and oxygen atoms in total. The van der Waals surface area contributed by atoms with Crippen LogP contribution in [0.3, 0.4) is 0 Å². The molecule has 2 heterocycles. The van der Waals surface area contributed by atoms with E-state index in [1.165, 1.54) is 24.0 Å². The zero-order valence-corrected chi connectivity index (χ0v) is 32.4. The van der Waals surface area contributed by atoms with Gasteiger partial charge in [-0.15, -0.1) is 0 Å². The molecule has 2 aliphatic rings. The Morgan fingerprint density at radius 1 is 0.558 bits per heavy atom. The molecule has 2 rings (SSSR count). The van der Waals surface area contributed by atoms with Crippen LogP contribution in [0.4, 0.5) is 0 Å². The molecule has 8 atom stereocenters. The highest BCUT2D eigenvalue weighted by Crippen LogP contribution is 2.24. The molecule has 4 N–H and O–H groups in total. The summed E-state index contributed by atoms with van der Waals surface area (Å²) in [5, 5.41) is 10.9. The van der Waals surface area contributed by atoms with E-state index >= 15 is 0 Å². The van der Waals surface area contributed by atoms with Crippen LogP contribution in [0.25, 0.3) is 0 Å². The van der Waals surface area contributed by atoms with Gasteiger partial charge >= 0.3 is 23.8 Å². The van der Waals surface area contributed by atoms with Gasteiger partial charge < -0.3 is 40.5 Å². The van der Waals surface area contributed by atoms with Gasteiger partial charge in [0.1, 0.15) is 36.3 Å². The van der Waals surface area contributed by atoms with Crippen molar-refractivity contribution in [2.45, 2.75) is 130 Å². The lowest BCUT2D eigenvalue weighted by atomic mass is 9.96. The van der Waals surface area contributed by atoms with Crippen molar-refractivity contribution in [2.24, 2.45) is 23.7 Å². The van der Waals surface area contributed by atoms with E-state index in [1.807, 2.05) is 13.8 Å². The molecule has 6 amide bonds. The van der Waals surface area contributed by atoms with Gasteiger partial charge in [0, 0.05) is 13.1 Å². The van der Waals surface area contributed by atoms with E-state index in [0.29, 0.717) is 25.7 Å². The van der Waals surface area contributed by atoms with Gasteiger partial charge in [-0.3, -0.25) is 28.8 Å². The van der Waals surface area contributed by atoms with Crippen molar-refractivity contribution in [1.29, 1.82) is 0 Å². The number of carbonyl (C=O) groups excluding carboxylic acids is 8. The summed E-state index contributed by atoms with van der Waals surface area (Å²) in [5.41, 5.74) is 0. The van der Waals surface area contributed by atoms with Crippen LogP contribution in [-0.2, 0) is 47.8 Å². The van der Waals surface area contributed by atoms with Crippen molar-refractivity contribution in [3.05, 3.63) is 0 Å². The van der Waals surface area contributed by atoms with Gasteiger partial charge in [0.15, 0.2) is 0 Å². The first-order valence-corrected chi connectivity index (χ1v) is 18.4. The van der Waals surface area contributed by atoms with Gasteiger partial charge in [-0.25, -0.2) is 9.59 Å². The fourth-order valence-corrected chi connectivity index (χ4v) is 6.45. The fourth-order valence-electron chi connectivity index (χ4n) is 6.45. The van der Waals surface area contributed by atoms with E-state index in [0.717, 1.165) is 0 Å². The first-order chi connectivity index (χ1) is 24.4. The molecule has 16 heteroatoms. The first kappa shape index (κ1) is 43.9. The van der Waals surface area contributed by atoms with Crippen molar-refractivity contribution in [3.8, 4) is 0 Å². The van der Waals surface area contributed by atoms with Crippen molar-refractivity contribution < 1.29 is 47.8 Å². The minimum atomic E-state index is -1.03. The molecule has 2 aliphatic heterocycles. The lowest BCUT2D eigenvalue weighted by Crippen LogP contribution is -2.60. The molecule has 0 aromatic rings. The lowest BCUT2D eigenvalue weighted by Gasteiger charge is -2.32. The average molecular weight is 737 g/mol. The third-order valence-corrected chi connectivity index (χ3v) is 10.2. The number of rotatable bonds is 16. The highest BCUT2D eigenvalue weighted by atomic mass is 16.5. The summed E-state index contributed by atoms with van der Waals surface area (Å²) in [4.78, 5) is 108. The van der Waals surface area contributed by atoms with Crippen molar-refractivity contribution in [3.63, 3.8) is 0 Å². The van der Waals surface area contributed by atoms with Crippen molar-refractivity contribution in [1.82, 2.24) is 31.1 Å². The minimum absolute atomic E-state index is 0.124. The number of methoxy groups -OCH3 is 2. The van der Waals surface area contributed by atoms with E-state index < -0.39 is 83.6 Å². The largest absolute Gasteiger partial charge is 0.467 e. The Hall–Kier alpha value is -4.24. The summed E-state index contributed by atoms with van der Waals surface area (Å²) in [6.45, 7) is 14.5. The van der Waals surface area contributed by atoms with E-state index in [9.17, 15) is 38.4 Å². The Morgan fingerprint density at radius 3 is 1.15 bits per heavy atom. The predicted molar refractivity (Wildman–Crippen MR) is 190 cm³/mol. The molecule has 2 fully saturated rings. The normalized spacial score (nSPS) is 20.6. The standard InChI is InChI=1S/C36H60N6O10/c1-11-21(7)27(31(45)37-25(19(3)4)35(49)51-9)39-29(43)23-15-13-17-41(23)33(47)34(48)42-18-14-16-24(42)30(44)40-28(22(8)12-2)32(46)38-26(20(5)6)36(50)52-10/h19-28H,11-18H2,1-10H3,(H,37,45)(H,38,46)(H,39,43)(H,40,44)/t21-,22-,23-,24-,25-,26-,27-,28-/m0/s1. The smallest absolute Gasteiger partial charge is 0.328 e. The monoisotopic (exact) mass is 736 g/mol. The van der Waals surface area contributed by atoms with Gasteiger partial charge in [-0.2, -0.15) is 0 Å². The lowest BCUT2D eigenvalue weighted by molar-refractivity contribution is -0.155. The van der Waals surface area contributed by atoms with Crippen LogP contribution in [-0.4, -0.2) is 121 Å². The molecular weight excluding hydrogens is 676 g/mol. The Kier molecular flexibility index (Phi) is 17.0. The number of hydrogen-bond acceptors (Lipinski definition) is 10. The zero-order chi connectivity index (χ0) is 39.4. The second-order valence-electron chi connectivity index (χ2n) is 14.6. The summed E-state index contributed by atoms with van der Waals surface area (Å²) >= 11 is 0. The molecule has 0 saturated carbocycles. The number of nitrogens with one attached hydrogen (secondary N) is 4. The number of likely N-dealkylation sites (tertiary alicyclic amines) is 2. The number of esters is 2. The number of hydrogen-bond donors (Lipinski definition) is 4. The van der Waals surface area contributed by atoms with Gasteiger partial charge in [0.2, 0.25) is 23.6 Å². The summed E-state index contributed by atoms with van der Waals surface area (Å²) < 4.78 is 9.66. The van der Waals surface area contributed by atoms with Crippen LogP contribution in [0.5, 0.6) is 0 Å². The maximum atomic E-state index is 13.7. The van der Waals surface area contributed by atoms with Crippen LogP contribution in [0, 0.1) is 23.7 Å². The molecule has 0 aromatic heterocycles. The first-order valence-electron chi connectivity index (χ1n) is 18.4. The van der Waals surface area contributed by atoms with Crippen molar-refractivity contribution in [2.75, 3.05) is 27.3 Å². The van der Waals surface area contributed by atoms with Gasteiger partial charge in [0.05, 0.1) is 14.2 Å². The molecular formula is C36H60N6O10. The van der Waals surface area contributed by atoms with Gasteiger partial charge in [-0.05, 0) is 49.4 Å². The summed E-state index contributed by atoms with van der Waals surface area (Å²) in [6, 6.07) is -5.98.